The summed E-state index contributed by atoms with van der Waals surface area (Å²) in [7, 11) is 0. The first-order valence-corrected chi connectivity index (χ1v) is 56.7. The van der Waals surface area contributed by atoms with Crippen LogP contribution in [0.1, 0.15) is 401 Å². The number of nitrogens with zero attached hydrogens (tertiary/aromatic N) is 8. The Morgan fingerprint density at radius 2 is 0.593 bits per heavy atom. The van der Waals surface area contributed by atoms with E-state index in [1.54, 1.807) is 22.3 Å². The molecule has 12 saturated carbocycles. The molecule has 12 fully saturated rings. The van der Waals surface area contributed by atoms with Gasteiger partial charge < -0.3 is 18.9 Å². The number of hydrogen-bond acceptors (Lipinski definition) is 12. The zero-order valence-corrected chi connectivity index (χ0v) is 90.9. The molecule has 12 nitrogen and oxygen atoms in total. The summed E-state index contributed by atoms with van der Waals surface area (Å²) in [6, 6.07) is 27.7. The minimum Gasteiger partial charge on any atom is -0.373 e. The fourth-order valence-electron chi connectivity index (χ4n) is 36.5. The number of ether oxygens (including phenoxy) is 4. The number of allylic oxidation sites excluding steroid dienone is 6. The van der Waals surface area contributed by atoms with Crippen molar-refractivity contribution in [3.63, 3.8) is 0 Å². The molecule has 4 aromatic carbocycles. The summed E-state index contributed by atoms with van der Waals surface area (Å²) >= 11 is 0. The molecule has 8 aromatic rings. The van der Waals surface area contributed by atoms with Crippen LogP contribution < -0.4 is 0 Å². The van der Waals surface area contributed by atoms with Gasteiger partial charge in [-0.1, -0.05) is 115 Å². The van der Waals surface area contributed by atoms with E-state index < -0.39 is 0 Å². The van der Waals surface area contributed by atoms with Crippen LogP contribution in [0.5, 0.6) is 0 Å². The van der Waals surface area contributed by atoms with Crippen LogP contribution in [0.15, 0.2) is 133 Å². The number of rotatable bonds is 8. The third kappa shape index (κ3) is 18.2. The molecule has 4 aromatic heterocycles. The molecular formula is C128H176N8O4. The van der Waals surface area contributed by atoms with Gasteiger partial charge >= 0.3 is 0 Å². The molecule has 0 aliphatic heterocycles. The van der Waals surface area contributed by atoms with Crippen LogP contribution in [-0.2, 0) is 18.9 Å². The molecule has 12 heteroatoms. The van der Waals surface area contributed by atoms with Crippen LogP contribution in [0.25, 0.3) is 54.8 Å². The van der Waals surface area contributed by atoms with Crippen molar-refractivity contribution in [1.29, 1.82) is 0 Å². The average Bonchev–Trinajstić information content (AvgIpc) is 0.784. The first kappa shape index (κ1) is 99.0. The Labute approximate surface area is 843 Å². The van der Waals surface area contributed by atoms with Crippen molar-refractivity contribution in [2.24, 2.45) is 126 Å². The molecule has 140 heavy (non-hydrogen) atoms. The molecule has 0 spiro atoms. The Morgan fingerprint density at radius 1 is 0.279 bits per heavy atom. The van der Waals surface area contributed by atoms with Gasteiger partial charge in [-0.3, -0.25) is 0 Å². The molecule has 4 heterocycles. The first-order chi connectivity index (χ1) is 66.3. The van der Waals surface area contributed by atoms with Crippen LogP contribution in [0.3, 0.4) is 0 Å². The lowest BCUT2D eigenvalue weighted by atomic mass is 9.44. The highest BCUT2D eigenvalue weighted by atomic mass is 16.5. The van der Waals surface area contributed by atoms with Gasteiger partial charge in [0.05, 0.1) is 68.9 Å². The Kier molecular flexibility index (Phi) is 25.9. The van der Waals surface area contributed by atoms with Gasteiger partial charge in [-0.05, 0) is 536 Å². The maximum absolute atomic E-state index is 6.49. The zero-order valence-electron chi connectivity index (χ0n) is 90.9. The summed E-state index contributed by atoms with van der Waals surface area (Å²) in [5, 5.41) is 4.72. The maximum atomic E-state index is 6.49. The Bertz CT molecular complexity index is 5990. The predicted octanol–water partition coefficient (Wildman–Crippen LogP) is 32.7. The molecule has 24 rings (SSSR count). The van der Waals surface area contributed by atoms with E-state index in [0.717, 1.165) is 152 Å². The molecule has 28 atom stereocenters. The molecule has 16 aliphatic carbocycles. The fourth-order valence-corrected chi connectivity index (χ4v) is 36.5. The van der Waals surface area contributed by atoms with Gasteiger partial charge in [0.25, 0.3) is 0 Å². The van der Waals surface area contributed by atoms with Crippen molar-refractivity contribution in [2.75, 3.05) is 0 Å². The molecule has 0 amide bonds. The number of aryl methyl sites for hydroxylation is 4. The van der Waals surface area contributed by atoms with Crippen molar-refractivity contribution in [3.8, 4) is 0 Å². The molecule has 0 saturated heterocycles. The summed E-state index contributed by atoms with van der Waals surface area (Å²) in [6.07, 6.45) is 62.5. The van der Waals surface area contributed by atoms with E-state index in [0.29, 0.717) is 74.2 Å². The van der Waals surface area contributed by atoms with Gasteiger partial charge in [0.1, 0.15) is 23.3 Å². The topological polar surface area (TPSA) is 140 Å². The lowest BCUT2D eigenvalue weighted by Gasteiger charge is -2.61. The van der Waals surface area contributed by atoms with Gasteiger partial charge in [-0.15, -0.1) is 0 Å². The highest BCUT2D eigenvalue weighted by molar-refractivity contribution is 5.86. The Hall–Kier alpha value is -6.96. The monoisotopic (exact) mass is 1890 g/mol. The highest BCUT2D eigenvalue weighted by Gasteiger charge is 2.65. The number of hydrogen-bond donors (Lipinski definition) is 0. The Balaban J connectivity index is 0.000000111. The average molecular weight is 1890 g/mol. The van der Waals surface area contributed by atoms with Crippen molar-refractivity contribution < 1.29 is 18.9 Å². The minimum atomic E-state index is -0.0531. The fraction of sp³-hybridized carbons (Fsp3) is 0.688. The SMILES string of the molecule is Cc1ncc2cc(C3=CC[C@H]4[C@@H]5CC=C6C[C@H](OC(C)(C)C)CC[C@]6(C)[C@H]5CC[C@]34C)ccc2n1.Cc1ncc2cc(C3=CC[C@H]4[C@@H]5CC[C@H]6C[C@H](OC(C)(C)C)CC[C@]6(C)[C@H]5CC[C@]34C)ccc2n1.Cc1ncc2cc([C@H]3CC[C@H]4[C@@H]5CC=C6C[C@H](OC(C)(C)C)CC[C@]6(C)[C@H]5CC[C@]34C)ccc2n1.Cc1ncc2cc([C@H]3CC[C@H]4[C@@H]5CC[C@H]6C[C@H](OC(C)(C)C)CC[C@]6(C)[C@H]5CC[C@]34C)ccc2n1. The largest absolute Gasteiger partial charge is 0.373 e. The summed E-state index contributed by atoms with van der Waals surface area (Å²) in [5.74, 6) is 16.6. The van der Waals surface area contributed by atoms with Gasteiger partial charge in [-0.25, -0.2) is 39.9 Å². The van der Waals surface area contributed by atoms with Gasteiger partial charge in [-0.2, -0.15) is 0 Å². The second-order valence-electron chi connectivity index (χ2n) is 55.1. The number of aromatic nitrogens is 8. The molecule has 0 N–H and O–H groups in total. The third-order valence-corrected chi connectivity index (χ3v) is 42.9. The lowest BCUT2D eigenvalue weighted by molar-refractivity contribution is -0.152. The second-order valence-corrected chi connectivity index (χ2v) is 55.1. The standard InChI is InChI=1S/C32H46N2O.2C32H44N2O.C32H42N2O/c4*1-20-33-19-22-17-21(7-12-29(22)34-20)26-10-11-27-25-9-8-23-18-24(35-30(2,3)4)13-15-31(23,5)28(25)14-16-32(26,27)6/h7,12,17,19,23-28H,8-11,13-16,18H2,1-6H3;7,10,12,17,19,23-25,27-28H,8-9,11,13-16,18H2,1-6H3;7-8,12,17,19,24-28H,9-11,13-16,18H2,1-6H3;7-8,10,12,17,19,24-25,27-28H,9,11,13-16,18H2,1-6H3/t23-,24+,25-,26+,27-,28-,31-,32+;23-,24+,25-,27-,28-,31-,32+;24-,25+,26-,27+,28+,31+,32-;24-,25+,27+,28+,31+,32-/m0011/s1. The van der Waals surface area contributed by atoms with E-state index in [2.05, 4.69) is 275 Å². The first-order valence-electron chi connectivity index (χ1n) is 56.7. The van der Waals surface area contributed by atoms with E-state index in [1.165, 1.54) is 226 Å². The summed E-state index contributed by atoms with van der Waals surface area (Å²) in [6.45, 7) is 55.4. The number of benzene rings is 4. The molecule has 0 bridgehead atoms. The normalized spacial score (nSPS) is 39.0. The summed E-state index contributed by atoms with van der Waals surface area (Å²) < 4.78 is 25.8. The van der Waals surface area contributed by atoms with E-state index in [-0.39, 0.29) is 27.8 Å². The molecule has 0 radical (unpaired) electrons. The van der Waals surface area contributed by atoms with Crippen LogP contribution in [0, 0.1) is 154 Å². The minimum absolute atomic E-state index is 0.0190. The van der Waals surface area contributed by atoms with E-state index in [1.807, 2.05) is 52.5 Å². The maximum Gasteiger partial charge on any atom is 0.125 e. The molecule has 16 aliphatic rings. The van der Waals surface area contributed by atoms with E-state index in [4.69, 9.17) is 18.9 Å². The van der Waals surface area contributed by atoms with Crippen molar-refractivity contribution >= 4 is 54.8 Å². The van der Waals surface area contributed by atoms with Crippen LogP contribution in [0.2, 0.25) is 0 Å². The van der Waals surface area contributed by atoms with Crippen molar-refractivity contribution in [1.82, 2.24) is 39.9 Å². The van der Waals surface area contributed by atoms with Crippen LogP contribution >= 0.6 is 0 Å². The highest BCUT2D eigenvalue weighted by Crippen LogP contribution is 2.74. The lowest BCUT2D eigenvalue weighted by Crippen LogP contribution is -2.54. The predicted molar refractivity (Wildman–Crippen MR) is 575 cm³/mol. The van der Waals surface area contributed by atoms with Gasteiger partial charge in [0.2, 0.25) is 0 Å². The van der Waals surface area contributed by atoms with E-state index in [9.17, 15) is 0 Å². The summed E-state index contributed by atoms with van der Waals surface area (Å²) in [4.78, 5) is 36.4. The van der Waals surface area contributed by atoms with Gasteiger partial charge in [0.15, 0.2) is 0 Å². The van der Waals surface area contributed by atoms with E-state index >= 15 is 0 Å². The van der Waals surface area contributed by atoms with Crippen molar-refractivity contribution in [3.05, 3.63) is 179 Å². The molecular weight excluding hydrogens is 1710 g/mol. The quantitative estimate of drug-likeness (QED) is 0.134. The smallest absolute Gasteiger partial charge is 0.125 e. The van der Waals surface area contributed by atoms with Crippen LogP contribution in [-0.4, -0.2) is 86.7 Å². The third-order valence-electron chi connectivity index (χ3n) is 42.9. The molecule has 0 unspecified atom stereocenters. The second kappa shape index (κ2) is 36.6. The van der Waals surface area contributed by atoms with Crippen molar-refractivity contribution in [2.45, 2.75) is 430 Å². The van der Waals surface area contributed by atoms with Gasteiger partial charge in [0, 0.05) is 46.3 Å². The van der Waals surface area contributed by atoms with Crippen LogP contribution in [0.4, 0.5) is 0 Å². The molecule has 752 valence electrons. The Morgan fingerprint density at radius 3 is 1.00 bits per heavy atom. The number of fused-ring (bicyclic) bond motifs is 24. The summed E-state index contributed by atoms with van der Waals surface area (Å²) in [5.41, 5.74) is 19.8. The zero-order chi connectivity index (χ0) is 98.3.